The van der Waals surface area contributed by atoms with Crippen molar-refractivity contribution >= 4 is 11.8 Å². The predicted octanol–water partition coefficient (Wildman–Crippen LogP) is 5.39. The lowest BCUT2D eigenvalue weighted by Crippen LogP contribution is -2.51. The van der Waals surface area contributed by atoms with Crippen molar-refractivity contribution in [3.05, 3.63) is 65.2 Å². The Kier molecular flexibility index (Phi) is 9.51. The number of hydrogen-bond acceptors (Lipinski definition) is 3. The highest BCUT2D eigenvalue weighted by Gasteiger charge is 2.30. The second-order valence-electron chi connectivity index (χ2n) is 9.72. The molecule has 2 atom stereocenters. The van der Waals surface area contributed by atoms with E-state index in [9.17, 15) is 9.59 Å². The van der Waals surface area contributed by atoms with Gasteiger partial charge in [-0.15, -0.1) is 0 Å². The molecule has 0 radical (unpaired) electrons. The van der Waals surface area contributed by atoms with Crippen LogP contribution < -0.4 is 10.1 Å². The smallest absolute Gasteiger partial charge is 0.261 e. The molecule has 1 N–H and O–H groups in total. The van der Waals surface area contributed by atoms with Crippen LogP contribution in [0, 0.1) is 6.92 Å². The molecule has 0 saturated heterocycles. The minimum absolute atomic E-state index is 0.0527. The van der Waals surface area contributed by atoms with E-state index in [-0.39, 0.29) is 29.9 Å². The number of amides is 2. The maximum Gasteiger partial charge on any atom is 0.261 e. The SMILES string of the molecule is CCC(C)NC(=O)C(CC)N(Cc1ccccc1C)C(=O)COc1ccccc1C(C)(C)C. The lowest BCUT2D eigenvalue weighted by atomic mass is 9.86. The molecule has 0 aliphatic carbocycles. The number of benzene rings is 2. The van der Waals surface area contributed by atoms with Gasteiger partial charge in [0.15, 0.2) is 6.61 Å². The highest BCUT2D eigenvalue weighted by Crippen LogP contribution is 2.31. The van der Waals surface area contributed by atoms with E-state index in [0.717, 1.165) is 23.1 Å². The number of hydrogen-bond donors (Lipinski definition) is 1. The fourth-order valence-corrected chi connectivity index (χ4v) is 3.77. The van der Waals surface area contributed by atoms with E-state index in [1.54, 1.807) is 4.90 Å². The Morgan fingerprint density at radius 3 is 2.24 bits per heavy atom. The van der Waals surface area contributed by atoms with Crippen molar-refractivity contribution < 1.29 is 14.3 Å². The number of carbonyl (C=O) groups is 2. The van der Waals surface area contributed by atoms with Crippen LogP contribution in [0.4, 0.5) is 0 Å². The number of ether oxygens (including phenoxy) is 1. The number of carbonyl (C=O) groups excluding carboxylic acids is 2. The molecule has 2 aromatic rings. The van der Waals surface area contributed by atoms with Gasteiger partial charge in [-0.3, -0.25) is 9.59 Å². The van der Waals surface area contributed by atoms with E-state index in [4.69, 9.17) is 4.74 Å². The van der Waals surface area contributed by atoms with Gasteiger partial charge in [0, 0.05) is 12.6 Å². The van der Waals surface area contributed by atoms with Crippen molar-refractivity contribution in [2.45, 2.75) is 85.4 Å². The topological polar surface area (TPSA) is 58.6 Å². The summed E-state index contributed by atoms with van der Waals surface area (Å²) in [6, 6.07) is 15.3. The first-order valence-electron chi connectivity index (χ1n) is 11.9. The average molecular weight is 453 g/mol. The molecule has 0 spiro atoms. The molecule has 33 heavy (non-hydrogen) atoms. The van der Waals surface area contributed by atoms with E-state index < -0.39 is 6.04 Å². The van der Waals surface area contributed by atoms with Gasteiger partial charge in [0.25, 0.3) is 5.91 Å². The van der Waals surface area contributed by atoms with Crippen LogP contribution in [0.25, 0.3) is 0 Å². The summed E-state index contributed by atoms with van der Waals surface area (Å²) >= 11 is 0. The van der Waals surface area contributed by atoms with Crippen LogP contribution in [0.1, 0.15) is 71.1 Å². The number of rotatable bonds is 10. The Balaban J connectivity index is 2.30. The van der Waals surface area contributed by atoms with Gasteiger partial charge in [-0.25, -0.2) is 0 Å². The summed E-state index contributed by atoms with van der Waals surface area (Å²) in [5, 5.41) is 3.05. The van der Waals surface area contributed by atoms with Crippen LogP contribution in [0.3, 0.4) is 0 Å². The Labute approximate surface area is 199 Å². The minimum Gasteiger partial charge on any atom is -0.483 e. The van der Waals surface area contributed by atoms with Crippen LogP contribution in [0.5, 0.6) is 5.75 Å². The highest BCUT2D eigenvalue weighted by molar-refractivity contribution is 5.88. The third-order valence-electron chi connectivity index (χ3n) is 6.04. The normalized spacial score (nSPS) is 13.2. The van der Waals surface area contributed by atoms with E-state index in [1.807, 2.05) is 76.2 Å². The summed E-state index contributed by atoms with van der Waals surface area (Å²) in [5.74, 6) is 0.378. The van der Waals surface area contributed by atoms with Gasteiger partial charge in [-0.1, -0.05) is 77.1 Å². The van der Waals surface area contributed by atoms with Gasteiger partial charge in [0.2, 0.25) is 5.91 Å². The zero-order valence-electron chi connectivity index (χ0n) is 21.3. The van der Waals surface area contributed by atoms with Gasteiger partial charge in [-0.05, 0) is 54.9 Å². The summed E-state index contributed by atoms with van der Waals surface area (Å²) in [7, 11) is 0. The highest BCUT2D eigenvalue weighted by atomic mass is 16.5. The molecule has 5 heteroatoms. The fourth-order valence-electron chi connectivity index (χ4n) is 3.77. The standard InChI is InChI=1S/C28H40N2O3/c1-8-21(4)29-27(32)24(9-2)30(18-22-15-11-10-14-20(22)3)26(31)19-33-25-17-13-12-16-23(25)28(5,6)7/h10-17,21,24H,8-9,18-19H2,1-7H3,(H,29,32). The van der Waals surface area contributed by atoms with Crippen molar-refractivity contribution in [3.8, 4) is 5.75 Å². The molecule has 0 fully saturated rings. The molecule has 0 aromatic heterocycles. The third kappa shape index (κ3) is 7.34. The van der Waals surface area contributed by atoms with Crippen LogP contribution >= 0.6 is 0 Å². The molecule has 0 heterocycles. The van der Waals surface area contributed by atoms with Gasteiger partial charge in [-0.2, -0.15) is 0 Å². The Morgan fingerprint density at radius 2 is 1.64 bits per heavy atom. The molecule has 0 bridgehead atoms. The first-order valence-corrected chi connectivity index (χ1v) is 11.9. The van der Waals surface area contributed by atoms with E-state index in [1.165, 1.54) is 0 Å². The van der Waals surface area contributed by atoms with Crippen LogP contribution in [0.15, 0.2) is 48.5 Å². The third-order valence-corrected chi connectivity index (χ3v) is 6.04. The van der Waals surface area contributed by atoms with Crippen LogP contribution in [0.2, 0.25) is 0 Å². The van der Waals surface area contributed by atoms with Gasteiger partial charge in [0.05, 0.1) is 0 Å². The molecule has 2 unspecified atom stereocenters. The van der Waals surface area contributed by atoms with Crippen LogP contribution in [-0.2, 0) is 21.5 Å². The zero-order chi connectivity index (χ0) is 24.6. The lowest BCUT2D eigenvalue weighted by Gasteiger charge is -2.32. The molecule has 0 aliphatic rings. The van der Waals surface area contributed by atoms with Crippen molar-refractivity contribution in [1.29, 1.82) is 0 Å². The summed E-state index contributed by atoms with van der Waals surface area (Å²) in [6.07, 6.45) is 1.36. The molecule has 2 rings (SSSR count). The summed E-state index contributed by atoms with van der Waals surface area (Å²) in [4.78, 5) is 28.2. The van der Waals surface area contributed by atoms with E-state index in [2.05, 4.69) is 26.1 Å². The molecular weight excluding hydrogens is 412 g/mol. The predicted molar refractivity (Wildman–Crippen MR) is 134 cm³/mol. The van der Waals surface area contributed by atoms with Gasteiger partial charge < -0.3 is 15.0 Å². The van der Waals surface area contributed by atoms with Crippen molar-refractivity contribution in [1.82, 2.24) is 10.2 Å². The van der Waals surface area contributed by atoms with E-state index >= 15 is 0 Å². The maximum absolute atomic E-state index is 13.5. The second-order valence-corrected chi connectivity index (χ2v) is 9.72. The number of nitrogens with zero attached hydrogens (tertiary/aromatic N) is 1. The fraction of sp³-hybridized carbons (Fsp3) is 0.500. The summed E-state index contributed by atoms with van der Waals surface area (Å²) in [6.45, 7) is 14.6. The Morgan fingerprint density at radius 1 is 1.00 bits per heavy atom. The lowest BCUT2D eigenvalue weighted by molar-refractivity contribution is -0.143. The largest absolute Gasteiger partial charge is 0.483 e. The Hall–Kier alpha value is -2.82. The van der Waals surface area contributed by atoms with E-state index in [0.29, 0.717) is 18.7 Å². The zero-order valence-corrected chi connectivity index (χ0v) is 21.3. The minimum atomic E-state index is -0.562. The van der Waals surface area contributed by atoms with Crippen LogP contribution in [-0.4, -0.2) is 35.4 Å². The number of nitrogens with one attached hydrogen (secondary N) is 1. The molecule has 2 aromatic carbocycles. The van der Waals surface area contributed by atoms with Crippen molar-refractivity contribution in [2.75, 3.05) is 6.61 Å². The van der Waals surface area contributed by atoms with Crippen molar-refractivity contribution in [3.63, 3.8) is 0 Å². The first-order chi connectivity index (χ1) is 15.6. The molecule has 2 amide bonds. The van der Waals surface area contributed by atoms with Gasteiger partial charge in [0.1, 0.15) is 11.8 Å². The molecule has 180 valence electrons. The molecule has 0 aliphatic heterocycles. The molecular formula is C28H40N2O3. The monoisotopic (exact) mass is 452 g/mol. The second kappa shape index (κ2) is 11.9. The summed E-state index contributed by atoms with van der Waals surface area (Å²) < 4.78 is 6.03. The summed E-state index contributed by atoms with van der Waals surface area (Å²) in [5.41, 5.74) is 3.05. The average Bonchev–Trinajstić information content (AvgIpc) is 2.78. The molecule has 0 saturated carbocycles. The van der Waals surface area contributed by atoms with Crippen molar-refractivity contribution in [2.24, 2.45) is 0 Å². The quantitative estimate of drug-likeness (QED) is 0.526. The number of para-hydroxylation sites is 1. The van der Waals surface area contributed by atoms with Gasteiger partial charge >= 0.3 is 0 Å². The maximum atomic E-state index is 13.5. The first kappa shape index (κ1) is 26.4. The Bertz CT molecular complexity index is 933. The molecule has 5 nitrogen and oxygen atoms in total. The number of aryl methyl sites for hydroxylation is 1.